The minimum atomic E-state index is -0.0941. The number of benzene rings is 2. The number of hydrogen-bond donors (Lipinski definition) is 2. The maximum absolute atomic E-state index is 12.6. The number of amides is 1. The Morgan fingerprint density at radius 1 is 1.00 bits per heavy atom. The molecule has 0 atom stereocenters. The van der Waals surface area contributed by atoms with Gasteiger partial charge in [-0.3, -0.25) is 9.78 Å². The predicted octanol–water partition coefficient (Wildman–Crippen LogP) is 4.73. The summed E-state index contributed by atoms with van der Waals surface area (Å²) in [5, 5.41) is 2.97. The average Bonchev–Trinajstić information content (AvgIpc) is 3.19. The third-order valence-corrected chi connectivity index (χ3v) is 5.03. The van der Waals surface area contributed by atoms with Crippen molar-refractivity contribution in [2.24, 2.45) is 0 Å². The van der Waals surface area contributed by atoms with E-state index in [-0.39, 0.29) is 5.91 Å². The van der Waals surface area contributed by atoms with E-state index in [1.165, 1.54) is 0 Å². The van der Waals surface area contributed by atoms with Crippen molar-refractivity contribution >= 4 is 34.3 Å². The molecular weight excluding hydrogens is 348 g/mol. The number of aryl methyl sites for hydroxylation is 2. The molecule has 1 aliphatic rings. The van der Waals surface area contributed by atoms with Crippen LogP contribution in [0, 0.1) is 13.8 Å². The largest absolute Gasteiger partial charge is 0.359 e. The minimum absolute atomic E-state index is 0.0941. The lowest BCUT2D eigenvalue weighted by molar-refractivity contribution is -0.110. The van der Waals surface area contributed by atoms with E-state index in [4.69, 9.17) is 4.98 Å². The van der Waals surface area contributed by atoms with Crippen LogP contribution in [0.15, 0.2) is 54.7 Å². The number of nitrogens with zero attached hydrogens (tertiary/aromatic N) is 2. The summed E-state index contributed by atoms with van der Waals surface area (Å²) >= 11 is 0. The van der Waals surface area contributed by atoms with E-state index in [1.54, 1.807) is 6.20 Å². The van der Waals surface area contributed by atoms with Crippen molar-refractivity contribution in [2.75, 3.05) is 5.32 Å². The summed E-state index contributed by atoms with van der Waals surface area (Å²) in [6.45, 7) is 4.04. The molecule has 136 valence electrons. The van der Waals surface area contributed by atoms with Gasteiger partial charge < -0.3 is 10.3 Å². The molecule has 0 saturated carbocycles. The van der Waals surface area contributed by atoms with Crippen LogP contribution >= 0.6 is 0 Å². The van der Waals surface area contributed by atoms with E-state index in [9.17, 15) is 4.79 Å². The Labute approximate surface area is 162 Å². The lowest BCUT2D eigenvalue weighted by Gasteiger charge is -2.05. The number of nitrogens with one attached hydrogen (secondary N) is 2. The van der Waals surface area contributed by atoms with Gasteiger partial charge in [0.25, 0.3) is 5.91 Å². The predicted molar refractivity (Wildman–Crippen MR) is 112 cm³/mol. The monoisotopic (exact) mass is 366 g/mol. The first-order valence-electron chi connectivity index (χ1n) is 9.14. The van der Waals surface area contributed by atoms with Crippen molar-refractivity contribution in [1.82, 2.24) is 15.0 Å². The van der Waals surface area contributed by atoms with Crippen LogP contribution in [0.25, 0.3) is 33.9 Å². The molecule has 5 nitrogen and oxygen atoms in total. The third-order valence-electron chi connectivity index (χ3n) is 5.03. The van der Waals surface area contributed by atoms with Crippen LogP contribution in [0.3, 0.4) is 0 Å². The quantitative estimate of drug-likeness (QED) is 0.504. The number of aromatic amines is 1. The Balaban J connectivity index is 1.57. The lowest BCUT2D eigenvalue weighted by Crippen LogP contribution is -2.03. The Bertz CT molecular complexity index is 1280. The van der Waals surface area contributed by atoms with Crippen molar-refractivity contribution < 1.29 is 4.79 Å². The number of hydrogen-bond acceptors (Lipinski definition) is 3. The van der Waals surface area contributed by atoms with Crippen LogP contribution in [-0.2, 0) is 4.79 Å². The van der Waals surface area contributed by atoms with Gasteiger partial charge in [-0.1, -0.05) is 24.3 Å². The molecule has 28 heavy (non-hydrogen) atoms. The maximum atomic E-state index is 12.6. The van der Waals surface area contributed by atoms with Gasteiger partial charge >= 0.3 is 0 Å². The highest BCUT2D eigenvalue weighted by Gasteiger charge is 2.25. The number of fused-ring (bicyclic) bond motifs is 2. The second-order valence-electron chi connectivity index (χ2n) is 7.07. The molecule has 2 aromatic heterocycles. The van der Waals surface area contributed by atoms with Crippen LogP contribution in [0.2, 0.25) is 0 Å². The van der Waals surface area contributed by atoms with Gasteiger partial charge in [0.05, 0.1) is 28.5 Å². The summed E-state index contributed by atoms with van der Waals surface area (Å²) in [7, 11) is 0. The molecule has 0 unspecified atom stereocenters. The van der Waals surface area contributed by atoms with Crippen LogP contribution in [0.1, 0.15) is 22.5 Å². The first-order chi connectivity index (χ1) is 13.6. The van der Waals surface area contributed by atoms with Gasteiger partial charge in [-0.05, 0) is 49.8 Å². The smallest absolute Gasteiger partial charge is 0.256 e. The van der Waals surface area contributed by atoms with Gasteiger partial charge in [0.15, 0.2) is 0 Å². The van der Waals surface area contributed by atoms with E-state index in [0.29, 0.717) is 5.57 Å². The zero-order valence-electron chi connectivity index (χ0n) is 15.6. The molecular formula is C23H18N4O. The Hall–Kier alpha value is -3.73. The molecule has 0 radical (unpaired) electrons. The lowest BCUT2D eigenvalue weighted by atomic mass is 10.0. The molecule has 2 aromatic carbocycles. The van der Waals surface area contributed by atoms with Gasteiger partial charge in [0, 0.05) is 28.2 Å². The van der Waals surface area contributed by atoms with Crippen LogP contribution in [-0.4, -0.2) is 20.9 Å². The van der Waals surface area contributed by atoms with Gasteiger partial charge in [-0.2, -0.15) is 0 Å². The molecule has 1 aliphatic heterocycles. The topological polar surface area (TPSA) is 70.7 Å². The highest BCUT2D eigenvalue weighted by atomic mass is 16.2. The number of carbonyl (C=O) groups is 1. The number of para-hydroxylation sites is 2. The number of rotatable bonds is 2. The van der Waals surface area contributed by atoms with E-state index >= 15 is 0 Å². The summed E-state index contributed by atoms with van der Waals surface area (Å²) < 4.78 is 0. The summed E-state index contributed by atoms with van der Waals surface area (Å²) in [6, 6.07) is 15.8. The summed E-state index contributed by atoms with van der Waals surface area (Å²) in [4.78, 5) is 25.0. The standard InChI is InChI=1S/C23H18N4O/c1-13-9-14(2)25-20(13)11-17-16-8-7-15(10-21(16)27-23(17)28)22-12-24-18-5-3-4-6-19(18)26-22/h3-12,25H,1-2H3,(H,27,28)/b17-11-. The molecule has 0 aliphatic carbocycles. The first-order valence-corrected chi connectivity index (χ1v) is 9.14. The first kappa shape index (κ1) is 16.4. The van der Waals surface area contributed by atoms with Crippen molar-refractivity contribution in [3.8, 4) is 11.3 Å². The Kier molecular flexibility index (Phi) is 3.62. The van der Waals surface area contributed by atoms with Crippen LogP contribution in [0.5, 0.6) is 0 Å². The van der Waals surface area contributed by atoms with Gasteiger partial charge in [0.1, 0.15) is 0 Å². The van der Waals surface area contributed by atoms with E-state index in [0.717, 1.165) is 50.5 Å². The fourth-order valence-corrected chi connectivity index (χ4v) is 3.64. The zero-order valence-corrected chi connectivity index (χ0v) is 15.6. The molecule has 4 aromatic rings. The maximum Gasteiger partial charge on any atom is 0.256 e. The zero-order chi connectivity index (χ0) is 19.3. The van der Waals surface area contributed by atoms with Gasteiger partial charge in [-0.15, -0.1) is 0 Å². The molecule has 3 heterocycles. The summed E-state index contributed by atoms with van der Waals surface area (Å²) in [5.74, 6) is -0.0941. The van der Waals surface area contributed by atoms with Crippen molar-refractivity contribution in [3.63, 3.8) is 0 Å². The number of anilines is 1. The highest BCUT2D eigenvalue weighted by molar-refractivity contribution is 6.35. The molecule has 2 N–H and O–H groups in total. The normalized spacial score (nSPS) is 14.5. The Morgan fingerprint density at radius 3 is 2.61 bits per heavy atom. The number of H-pyrrole nitrogens is 1. The average molecular weight is 366 g/mol. The summed E-state index contributed by atoms with van der Waals surface area (Å²) in [6.07, 6.45) is 3.68. The molecule has 0 spiro atoms. The summed E-state index contributed by atoms with van der Waals surface area (Å²) in [5.41, 5.74) is 8.93. The van der Waals surface area contributed by atoms with Crippen molar-refractivity contribution in [2.45, 2.75) is 13.8 Å². The SMILES string of the molecule is Cc1cc(C)c(/C=C2\C(=O)Nc3cc(-c4cnc5ccccc5n4)ccc32)[nH]1. The van der Waals surface area contributed by atoms with Gasteiger partial charge in [0.2, 0.25) is 0 Å². The van der Waals surface area contributed by atoms with E-state index < -0.39 is 0 Å². The second kappa shape index (κ2) is 6.16. The molecule has 0 fully saturated rings. The second-order valence-corrected chi connectivity index (χ2v) is 7.07. The highest BCUT2D eigenvalue weighted by Crippen LogP contribution is 2.36. The van der Waals surface area contributed by atoms with Crippen LogP contribution < -0.4 is 5.32 Å². The van der Waals surface area contributed by atoms with E-state index in [1.807, 2.05) is 62.4 Å². The van der Waals surface area contributed by atoms with Crippen molar-refractivity contribution in [3.05, 3.63) is 77.2 Å². The van der Waals surface area contributed by atoms with Crippen molar-refractivity contribution in [1.29, 1.82) is 0 Å². The number of carbonyl (C=O) groups excluding carboxylic acids is 1. The third kappa shape index (κ3) is 2.68. The Morgan fingerprint density at radius 2 is 1.82 bits per heavy atom. The minimum Gasteiger partial charge on any atom is -0.359 e. The molecule has 1 amide bonds. The van der Waals surface area contributed by atoms with Gasteiger partial charge in [-0.25, -0.2) is 4.98 Å². The molecule has 5 rings (SSSR count). The van der Waals surface area contributed by atoms with E-state index in [2.05, 4.69) is 21.4 Å². The molecule has 0 saturated heterocycles. The molecule has 0 bridgehead atoms. The number of aromatic nitrogens is 3. The molecule has 5 heteroatoms. The van der Waals surface area contributed by atoms with Crippen LogP contribution in [0.4, 0.5) is 5.69 Å². The fraction of sp³-hybridized carbons (Fsp3) is 0.0870. The fourth-order valence-electron chi connectivity index (χ4n) is 3.64.